The van der Waals surface area contributed by atoms with E-state index in [1.54, 1.807) is 42.7 Å². The molecule has 2 aromatic rings. The van der Waals surface area contributed by atoms with Crippen LogP contribution < -0.4 is 10.6 Å². The van der Waals surface area contributed by atoms with Gasteiger partial charge in [0.2, 0.25) is 5.91 Å². The van der Waals surface area contributed by atoms with Crippen LogP contribution in [-0.2, 0) is 17.8 Å². The van der Waals surface area contributed by atoms with E-state index in [2.05, 4.69) is 15.6 Å². The molecule has 0 saturated carbocycles. The Kier molecular flexibility index (Phi) is 6.09. The number of hydrogen-bond acceptors (Lipinski definition) is 8. The van der Waals surface area contributed by atoms with Gasteiger partial charge in [-0.2, -0.15) is 0 Å². The molecule has 9 nitrogen and oxygen atoms in total. The lowest BCUT2D eigenvalue weighted by molar-refractivity contribution is -0.159. The highest BCUT2D eigenvalue weighted by atomic mass is 16.3. The molecule has 9 heteroatoms. The number of carbonyl (C=O) groups excluding carboxylic acids is 1. The Hall–Kier alpha value is -2.40. The van der Waals surface area contributed by atoms with Crippen LogP contribution in [0.2, 0.25) is 0 Å². The highest BCUT2D eigenvalue weighted by Gasteiger charge is 2.45. The van der Waals surface area contributed by atoms with Crippen LogP contribution in [0, 0.1) is 0 Å². The summed E-state index contributed by atoms with van der Waals surface area (Å²) in [5.41, 5.74) is 2.63. The third-order valence-corrected chi connectivity index (χ3v) is 5.77. The van der Waals surface area contributed by atoms with Crippen molar-refractivity contribution in [1.29, 1.82) is 0 Å². The van der Waals surface area contributed by atoms with Crippen LogP contribution in [0.4, 0.5) is 0 Å². The number of piperidine rings is 1. The van der Waals surface area contributed by atoms with Crippen LogP contribution >= 0.6 is 0 Å². The van der Waals surface area contributed by atoms with Crippen LogP contribution in [0.15, 0.2) is 42.7 Å². The fourth-order valence-electron chi connectivity index (χ4n) is 4.27. The molecule has 1 fully saturated rings. The summed E-state index contributed by atoms with van der Waals surface area (Å²) in [6.45, 7) is 0.203. The first-order chi connectivity index (χ1) is 14.5. The zero-order valence-electron chi connectivity index (χ0n) is 16.3. The van der Waals surface area contributed by atoms with Crippen LogP contribution in [-0.4, -0.2) is 54.7 Å². The topological polar surface area (TPSA) is 138 Å². The number of nitrogens with one attached hydrogen (secondary N) is 2. The highest BCUT2D eigenvalue weighted by molar-refractivity contribution is 5.78. The fraction of sp³-hybridized carbons (Fsp3) is 0.429. The molecule has 2 aliphatic heterocycles. The predicted octanol–water partition coefficient (Wildman–Crippen LogP) is -0.373. The van der Waals surface area contributed by atoms with E-state index >= 15 is 0 Å². The maximum Gasteiger partial charge on any atom is 0.224 e. The molecule has 5 atom stereocenters. The molecular weight excluding hydrogens is 388 g/mol. The van der Waals surface area contributed by atoms with Gasteiger partial charge in [-0.1, -0.05) is 18.2 Å². The second-order valence-corrected chi connectivity index (χ2v) is 7.70. The van der Waals surface area contributed by atoms with Gasteiger partial charge >= 0.3 is 0 Å². The number of aromatic nitrogens is 1. The molecule has 1 amide bonds. The first-order valence-electron chi connectivity index (χ1n) is 9.98. The number of hydrogen-bond donors (Lipinski definition) is 6. The van der Waals surface area contributed by atoms with Crippen molar-refractivity contribution in [2.75, 3.05) is 0 Å². The van der Waals surface area contributed by atoms with Gasteiger partial charge in [0.05, 0.1) is 12.5 Å². The average Bonchev–Trinajstić information content (AvgIpc) is 2.98. The summed E-state index contributed by atoms with van der Waals surface area (Å²) in [7, 11) is 0. The average molecular weight is 414 g/mol. The highest BCUT2D eigenvalue weighted by Crippen LogP contribution is 2.44. The Bertz CT molecular complexity index is 896. The van der Waals surface area contributed by atoms with E-state index in [0.717, 1.165) is 5.56 Å². The lowest BCUT2D eigenvalue weighted by Gasteiger charge is -2.40. The first-order valence-corrected chi connectivity index (χ1v) is 9.98. The van der Waals surface area contributed by atoms with Gasteiger partial charge in [0.15, 0.2) is 0 Å². The van der Waals surface area contributed by atoms with Gasteiger partial charge in [0.25, 0.3) is 0 Å². The number of rotatable bonds is 5. The number of aliphatic hydroxyl groups is 4. The van der Waals surface area contributed by atoms with Crippen molar-refractivity contribution < 1.29 is 25.2 Å². The molecule has 30 heavy (non-hydrogen) atoms. The minimum absolute atomic E-state index is 0.162. The molecule has 1 saturated heterocycles. The molecule has 5 unspecified atom stereocenters. The maximum atomic E-state index is 12.3. The molecule has 4 rings (SSSR count). The van der Waals surface area contributed by atoms with Gasteiger partial charge in [-0.15, -0.1) is 0 Å². The molecule has 1 aromatic heterocycles. The number of aliphatic hydroxyl groups excluding tert-OH is 4. The fourth-order valence-corrected chi connectivity index (χ4v) is 4.27. The molecule has 0 aliphatic carbocycles. The summed E-state index contributed by atoms with van der Waals surface area (Å²) in [6, 6.07) is 8.27. The Morgan fingerprint density at radius 3 is 2.60 bits per heavy atom. The Morgan fingerprint density at radius 1 is 1.10 bits per heavy atom. The largest absolute Gasteiger partial charge is 0.379 e. The maximum absolute atomic E-state index is 12.3. The van der Waals surface area contributed by atoms with E-state index < -0.39 is 31.0 Å². The second kappa shape index (κ2) is 8.76. The van der Waals surface area contributed by atoms with Crippen LogP contribution in [0.1, 0.15) is 47.6 Å². The predicted molar refractivity (Wildman–Crippen MR) is 106 cm³/mol. The smallest absolute Gasteiger partial charge is 0.224 e. The standard InChI is InChI=1S/C21H26N4O5/c26-16-5-4-15(19(28)24-16)25-20(29)14-3-1-2-13(18(14)21(25)30)11-23-17(27)10-12-6-8-22-9-7-12/h1-3,6-9,15-16,19-21,24,26,28-30H,4-5,10-11H2,(H,23,27). The number of benzene rings is 1. The van der Waals surface area contributed by atoms with Crippen molar-refractivity contribution in [1.82, 2.24) is 20.5 Å². The molecule has 0 bridgehead atoms. The number of amides is 1. The quantitative estimate of drug-likeness (QED) is 0.390. The van der Waals surface area contributed by atoms with Crippen LogP contribution in [0.5, 0.6) is 0 Å². The van der Waals surface area contributed by atoms with Crippen molar-refractivity contribution in [3.05, 3.63) is 65.0 Å². The van der Waals surface area contributed by atoms with Crippen molar-refractivity contribution in [2.45, 2.75) is 56.8 Å². The molecule has 0 spiro atoms. The van der Waals surface area contributed by atoms with E-state index in [-0.39, 0.29) is 18.9 Å². The van der Waals surface area contributed by atoms with Gasteiger partial charge in [0.1, 0.15) is 24.9 Å². The van der Waals surface area contributed by atoms with Crippen LogP contribution in [0.3, 0.4) is 0 Å². The third kappa shape index (κ3) is 4.08. The molecule has 2 aliphatic rings. The minimum Gasteiger partial charge on any atom is -0.379 e. The van der Waals surface area contributed by atoms with Gasteiger partial charge in [-0.3, -0.25) is 15.1 Å². The molecule has 3 heterocycles. The summed E-state index contributed by atoms with van der Waals surface area (Å²) in [5.74, 6) is -0.162. The summed E-state index contributed by atoms with van der Waals surface area (Å²) in [4.78, 5) is 17.7. The Labute approximate surface area is 174 Å². The summed E-state index contributed by atoms with van der Waals surface area (Å²) in [5, 5.41) is 47.2. The van der Waals surface area contributed by atoms with E-state index in [0.29, 0.717) is 29.5 Å². The second-order valence-electron chi connectivity index (χ2n) is 7.70. The molecule has 6 N–H and O–H groups in total. The minimum atomic E-state index is -1.14. The normalized spacial score (nSPS) is 28.9. The summed E-state index contributed by atoms with van der Waals surface area (Å²) in [6.07, 6.45) is 0.147. The van der Waals surface area contributed by atoms with E-state index in [9.17, 15) is 25.2 Å². The number of nitrogens with zero attached hydrogens (tertiary/aromatic N) is 2. The van der Waals surface area contributed by atoms with E-state index in [1.165, 1.54) is 4.90 Å². The lowest BCUT2D eigenvalue weighted by Crippen LogP contribution is -2.57. The monoisotopic (exact) mass is 414 g/mol. The SMILES string of the molecule is O=C(Cc1ccncc1)NCc1cccc2c1C(O)N(C1CCC(O)NC1O)C2O. The number of carbonyl (C=O) groups is 1. The lowest BCUT2D eigenvalue weighted by atomic mass is 10.0. The number of pyridine rings is 1. The zero-order chi connectivity index (χ0) is 21.3. The van der Waals surface area contributed by atoms with Crippen molar-refractivity contribution in [2.24, 2.45) is 0 Å². The third-order valence-electron chi connectivity index (χ3n) is 5.77. The first kappa shape index (κ1) is 20.9. The molecule has 0 radical (unpaired) electrons. The van der Waals surface area contributed by atoms with Gasteiger partial charge in [-0.05, 0) is 36.1 Å². The van der Waals surface area contributed by atoms with Crippen molar-refractivity contribution in [3.8, 4) is 0 Å². The van der Waals surface area contributed by atoms with Crippen molar-refractivity contribution in [3.63, 3.8) is 0 Å². The Morgan fingerprint density at radius 2 is 1.87 bits per heavy atom. The van der Waals surface area contributed by atoms with Gasteiger partial charge in [-0.25, -0.2) is 4.90 Å². The Balaban J connectivity index is 1.48. The van der Waals surface area contributed by atoms with E-state index in [4.69, 9.17) is 0 Å². The van der Waals surface area contributed by atoms with E-state index in [1.807, 2.05) is 0 Å². The van der Waals surface area contributed by atoms with Crippen LogP contribution in [0.25, 0.3) is 0 Å². The van der Waals surface area contributed by atoms with Gasteiger partial charge in [0, 0.05) is 30.1 Å². The molecular formula is C21H26N4O5. The number of fused-ring (bicyclic) bond motifs is 1. The van der Waals surface area contributed by atoms with Crippen molar-refractivity contribution >= 4 is 5.91 Å². The van der Waals surface area contributed by atoms with Gasteiger partial charge < -0.3 is 25.7 Å². The zero-order valence-corrected chi connectivity index (χ0v) is 16.3. The molecule has 1 aromatic carbocycles. The summed E-state index contributed by atoms with van der Waals surface area (Å²) < 4.78 is 0. The molecule has 160 valence electrons. The summed E-state index contributed by atoms with van der Waals surface area (Å²) >= 11 is 0.